The number of anilines is 1. The van der Waals surface area contributed by atoms with Crippen LogP contribution in [0.1, 0.15) is 5.56 Å². The van der Waals surface area contributed by atoms with Gasteiger partial charge in [0.2, 0.25) is 0 Å². The predicted octanol–water partition coefficient (Wildman–Crippen LogP) is 2.66. The molecule has 1 rings (SSSR count). The van der Waals surface area contributed by atoms with Crippen LogP contribution in [-0.4, -0.2) is 6.18 Å². The van der Waals surface area contributed by atoms with Crippen LogP contribution >= 0.6 is 12.6 Å². The zero-order valence-electron chi connectivity index (χ0n) is 6.60. The van der Waals surface area contributed by atoms with Crippen LogP contribution in [0, 0.1) is 0 Å². The minimum atomic E-state index is -4.22. The van der Waals surface area contributed by atoms with Gasteiger partial charge in [0, 0.05) is 10.6 Å². The van der Waals surface area contributed by atoms with Crippen molar-refractivity contribution >= 4 is 18.3 Å². The van der Waals surface area contributed by atoms with Crippen molar-refractivity contribution in [1.29, 1.82) is 0 Å². The molecule has 0 aliphatic carbocycles. The smallest absolute Gasteiger partial charge is 0.393 e. The Morgan fingerprint density at radius 3 is 2.46 bits per heavy atom. The van der Waals surface area contributed by atoms with Crippen LogP contribution in [0.15, 0.2) is 23.1 Å². The molecule has 0 aliphatic rings. The fourth-order valence-electron chi connectivity index (χ4n) is 0.963. The van der Waals surface area contributed by atoms with Crippen molar-refractivity contribution in [2.45, 2.75) is 17.5 Å². The number of nitrogen functional groups attached to an aromatic ring is 1. The summed E-state index contributed by atoms with van der Waals surface area (Å²) >= 11 is 3.90. The van der Waals surface area contributed by atoms with Crippen LogP contribution < -0.4 is 5.73 Å². The molecule has 0 amide bonds. The van der Waals surface area contributed by atoms with E-state index in [1.807, 2.05) is 0 Å². The Morgan fingerprint density at radius 2 is 1.92 bits per heavy atom. The van der Waals surface area contributed by atoms with Crippen molar-refractivity contribution in [2.24, 2.45) is 0 Å². The number of benzene rings is 1. The van der Waals surface area contributed by atoms with Crippen LogP contribution in [-0.2, 0) is 6.42 Å². The average Bonchev–Trinajstić information content (AvgIpc) is 1.94. The molecule has 0 bridgehead atoms. The Kier molecular flexibility index (Phi) is 2.75. The lowest BCUT2D eigenvalue weighted by Crippen LogP contribution is -2.12. The summed E-state index contributed by atoms with van der Waals surface area (Å²) in [6.07, 6.45) is -5.21. The number of hydrogen-bond donors (Lipinski definition) is 2. The van der Waals surface area contributed by atoms with Gasteiger partial charge in [0.15, 0.2) is 0 Å². The summed E-state index contributed by atoms with van der Waals surface area (Å²) in [5.74, 6) is 0. The van der Waals surface area contributed by atoms with E-state index in [-0.39, 0.29) is 5.56 Å². The van der Waals surface area contributed by atoms with Crippen molar-refractivity contribution in [3.05, 3.63) is 23.8 Å². The van der Waals surface area contributed by atoms with E-state index in [2.05, 4.69) is 12.6 Å². The van der Waals surface area contributed by atoms with E-state index < -0.39 is 12.6 Å². The maximum absolute atomic E-state index is 12.0. The van der Waals surface area contributed by atoms with Crippen LogP contribution in [0.5, 0.6) is 0 Å². The lowest BCUT2D eigenvalue weighted by molar-refractivity contribution is -0.127. The number of halogens is 3. The molecule has 1 aromatic rings. The van der Waals surface area contributed by atoms with Crippen LogP contribution in [0.25, 0.3) is 0 Å². The third kappa shape index (κ3) is 3.18. The van der Waals surface area contributed by atoms with E-state index in [0.29, 0.717) is 10.6 Å². The molecule has 72 valence electrons. The molecule has 0 radical (unpaired) electrons. The molecular weight excluding hydrogens is 199 g/mol. The highest BCUT2D eigenvalue weighted by molar-refractivity contribution is 7.80. The zero-order valence-corrected chi connectivity index (χ0v) is 7.49. The topological polar surface area (TPSA) is 26.0 Å². The SMILES string of the molecule is Nc1ccc(S)c(CC(F)(F)F)c1. The molecule has 1 nitrogen and oxygen atoms in total. The van der Waals surface area contributed by atoms with Gasteiger partial charge < -0.3 is 5.73 Å². The minimum absolute atomic E-state index is 0.107. The zero-order chi connectivity index (χ0) is 10.1. The van der Waals surface area contributed by atoms with Gasteiger partial charge in [-0.2, -0.15) is 13.2 Å². The number of rotatable bonds is 1. The molecule has 5 heteroatoms. The summed E-state index contributed by atoms with van der Waals surface area (Å²) in [7, 11) is 0. The summed E-state index contributed by atoms with van der Waals surface area (Å²) in [5, 5.41) is 0. The molecule has 0 heterocycles. The molecule has 0 spiro atoms. The van der Waals surface area contributed by atoms with Crippen molar-refractivity contribution in [3.63, 3.8) is 0 Å². The monoisotopic (exact) mass is 207 g/mol. The molecule has 0 fully saturated rings. The van der Waals surface area contributed by atoms with Gasteiger partial charge in [-0.1, -0.05) is 0 Å². The summed E-state index contributed by atoms with van der Waals surface area (Å²) in [6.45, 7) is 0. The normalized spacial score (nSPS) is 11.7. The van der Waals surface area contributed by atoms with E-state index in [1.165, 1.54) is 18.2 Å². The lowest BCUT2D eigenvalue weighted by atomic mass is 10.1. The fourth-order valence-corrected chi connectivity index (χ4v) is 1.18. The molecule has 13 heavy (non-hydrogen) atoms. The Morgan fingerprint density at radius 1 is 1.31 bits per heavy atom. The van der Waals surface area contributed by atoms with E-state index >= 15 is 0 Å². The second-order valence-corrected chi connectivity index (χ2v) is 3.16. The summed E-state index contributed by atoms with van der Waals surface area (Å²) in [6, 6.07) is 4.26. The molecule has 2 N–H and O–H groups in total. The van der Waals surface area contributed by atoms with Gasteiger partial charge in [0.1, 0.15) is 0 Å². The minimum Gasteiger partial charge on any atom is -0.399 e. The second kappa shape index (κ2) is 3.49. The molecular formula is C8H8F3NS. The summed E-state index contributed by atoms with van der Waals surface area (Å²) in [4.78, 5) is 0.312. The van der Waals surface area contributed by atoms with Crippen molar-refractivity contribution < 1.29 is 13.2 Å². The first-order valence-electron chi connectivity index (χ1n) is 3.52. The van der Waals surface area contributed by atoms with Gasteiger partial charge in [-0.3, -0.25) is 0 Å². The average molecular weight is 207 g/mol. The highest BCUT2D eigenvalue weighted by atomic mass is 32.1. The Balaban J connectivity index is 2.94. The van der Waals surface area contributed by atoms with Gasteiger partial charge in [-0.25, -0.2) is 0 Å². The maximum Gasteiger partial charge on any atom is 0.393 e. The highest BCUT2D eigenvalue weighted by Crippen LogP contribution is 2.26. The number of alkyl halides is 3. The number of hydrogen-bond acceptors (Lipinski definition) is 2. The van der Waals surface area contributed by atoms with E-state index in [0.717, 1.165) is 0 Å². The largest absolute Gasteiger partial charge is 0.399 e. The summed E-state index contributed by atoms with van der Waals surface area (Å²) < 4.78 is 35.9. The Hall–Kier alpha value is -0.840. The van der Waals surface area contributed by atoms with E-state index in [1.54, 1.807) is 0 Å². The van der Waals surface area contributed by atoms with Gasteiger partial charge in [-0.15, -0.1) is 12.6 Å². The van der Waals surface area contributed by atoms with Crippen molar-refractivity contribution in [3.8, 4) is 0 Å². The lowest BCUT2D eigenvalue weighted by Gasteiger charge is -2.08. The van der Waals surface area contributed by atoms with Crippen molar-refractivity contribution in [1.82, 2.24) is 0 Å². The van der Waals surface area contributed by atoms with Crippen LogP contribution in [0.3, 0.4) is 0 Å². The first kappa shape index (κ1) is 10.2. The molecule has 0 atom stereocenters. The van der Waals surface area contributed by atoms with Gasteiger partial charge in [0.05, 0.1) is 6.42 Å². The third-order valence-electron chi connectivity index (χ3n) is 1.49. The van der Waals surface area contributed by atoms with E-state index in [4.69, 9.17) is 5.73 Å². The number of nitrogens with two attached hydrogens (primary N) is 1. The van der Waals surface area contributed by atoms with Crippen LogP contribution in [0.4, 0.5) is 18.9 Å². The molecule has 0 saturated heterocycles. The predicted molar refractivity (Wildman–Crippen MR) is 47.9 cm³/mol. The second-order valence-electron chi connectivity index (χ2n) is 2.68. The van der Waals surface area contributed by atoms with Gasteiger partial charge in [0.25, 0.3) is 0 Å². The molecule has 0 aliphatic heterocycles. The first-order chi connectivity index (χ1) is 5.88. The Bertz CT molecular complexity index is 309. The van der Waals surface area contributed by atoms with Gasteiger partial charge >= 0.3 is 6.18 Å². The first-order valence-corrected chi connectivity index (χ1v) is 3.97. The Labute approximate surface area is 79.2 Å². The van der Waals surface area contributed by atoms with Crippen molar-refractivity contribution in [2.75, 3.05) is 5.73 Å². The maximum atomic E-state index is 12.0. The quantitative estimate of drug-likeness (QED) is 0.537. The standard InChI is InChI=1S/C8H8F3NS/c9-8(10,11)4-5-3-6(12)1-2-7(5)13/h1-3,13H,4,12H2. The fraction of sp³-hybridized carbons (Fsp3) is 0.250. The molecule has 0 aromatic heterocycles. The molecule has 0 saturated carbocycles. The van der Waals surface area contributed by atoms with Crippen LogP contribution in [0.2, 0.25) is 0 Å². The molecule has 0 unspecified atom stereocenters. The highest BCUT2D eigenvalue weighted by Gasteiger charge is 2.28. The summed E-state index contributed by atoms with van der Waals surface area (Å²) in [5.41, 5.74) is 5.77. The third-order valence-corrected chi connectivity index (χ3v) is 1.93. The molecule has 1 aromatic carbocycles. The number of thiol groups is 1. The van der Waals surface area contributed by atoms with Gasteiger partial charge in [-0.05, 0) is 23.8 Å². The van der Waals surface area contributed by atoms with E-state index in [9.17, 15) is 13.2 Å².